The summed E-state index contributed by atoms with van der Waals surface area (Å²) in [7, 11) is -3.82. The van der Waals surface area contributed by atoms with Crippen LogP contribution in [-0.4, -0.2) is 51.0 Å². The highest BCUT2D eigenvalue weighted by Crippen LogP contribution is 2.33. The van der Waals surface area contributed by atoms with Gasteiger partial charge in [-0.2, -0.15) is 11.8 Å². The second-order valence-corrected chi connectivity index (χ2v) is 11.6. The highest BCUT2D eigenvalue weighted by molar-refractivity contribution is 7.99. The molecular weight excluding hydrogens is 507 g/mol. The molecule has 1 atom stereocenters. The van der Waals surface area contributed by atoms with Gasteiger partial charge in [-0.25, -0.2) is 8.42 Å². The SMILES string of the molecule is C#C.CSC1CCCN(CCCN(c2cc(Cl)ccc2Cl)S(=O)(=O)c2ccc(Cl)cc2)C1. The second kappa shape index (κ2) is 13.0. The van der Waals surface area contributed by atoms with Gasteiger partial charge in [-0.1, -0.05) is 34.8 Å². The smallest absolute Gasteiger partial charge is 0.264 e. The molecule has 0 amide bonds. The zero-order valence-electron chi connectivity index (χ0n) is 17.9. The van der Waals surface area contributed by atoms with Crippen molar-refractivity contribution >= 4 is 62.3 Å². The third-order valence-corrected chi connectivity index (χ3v) is 8.90. The molecule has 32 heavy (non-hydrogen) atoms. The number of sulfonamides is 1. The second-order valence-electron chi connectivity index (χ2n) is 7.28. The highest BCUT2D eigenvalue weighted by Gasteiger charge is 2.27. The minimum Gasteiger partial charge on any atom is -0.302 e. The first kappa shape index (κ1) is 27.2. The van der Waals surface area contributed by atoms with Gasteiger partial charge in [0, 0.05) is 28.4 Å². The summed E-state index contributed by atoms with van der Waals surface area (Å²) in [4.78, 5) is 2.58. The Morgan fingerprint density at radius 2 is 1.75 bits per heavy atom. The van der Waals surface area contributed by atoms with Crippen molar-refractivity contribution in [3.63, 3.8) is 0 Å². The standard InChI is InChI=1S/C21H25Cl3N2O2S2.C2H2/c1-29-18-4-2-11-25(15-18)12-3-13-26(21-14-17(23)7-10-20(21)24)30(27,28)19-8-5-16(22)6-9-19;1-2/h5-10,14,18H,2-4,11-13,15H2,1H3;1-2H. The lowest BCUT2D eigenvalue weighted by molar-refractivity contribution is 0.233. The predicted octanol–water partition coefficient (Wildman–Crippen LogP) is 6.31. The molecule has 1 aliphatic heterocycles. The van der Waals surface area contributed by atoms with E-state index in [2.05, 4.69) is 24.0 Å². The quantitative estimate of drug-likeness (QED) is 0.373. The zero-order valence-corrected chi connectivity index (χ0v) is 21.8. The summed E-state index contributed by atoms with van der Waals surface area (Å²) in [5, 5.41) is 1.91. The monoisotopic (exact) mass is 532 g/mol. The molecule has 0 saturated carbocycles. The lowest BCUT2D eigenvalue weighted by atomic mass is 10.1. The van der Waals surface area contributed by atoms with Gasteiger partial charge in [0.25, 0.3) is 10.0 Å². The van der Waals surface area contributed by atoms with E-state index in [0.29, 0.717) is 39.0 Å². The first-order valence-electron chi connectivity index (χ1n) is 10.1. The third kappa shape index (κ3) is 7.21. The molecule has 2 aromatic carbocycles. The fourth-order valence-corrected chi connectivity index (χ4v) is 6.47. The number of terminal acetylenes is 1. The molecule has 0 N–H and O–H groups in total. The minimum atomic E-state index is -3.82. The molecule has 0 aliphatic carbocycles. The van der Waals surface area contributed by atoms with Crippen LogP contribution in [0, 0.1) is 12.8 Å². The van der Waals surface area contributed by atoms with Crippen LogP contribution in [0.25, 0.3) is 0 Å². The number of nitrogens with zero attached hydrogens (tertiary/aromatic N) is 2. The first-order chi connectivity index (χ1) is 15.3. The van der Waals surface area contributed by atoms with Crippen LogP contribution in [0.5, 0.6) is 0 Å². The van der Waals surface area contributed by atoms with Crippen molar-refractivity contribution in [1.82, 2.24) is 4.90 Å². The molecular formula is C23H27Cl3N2O2S2. The van der Waals surface area contributed by atoms with E-state index in [1.54, 1.807) is 30.3 Å². The summed E-state index contributed by atoms with van der Waals surface area (Å²) in [6, 6.07) is 11.0. The molecule has 1 heterocycles. The van der Waals surface area contributed by atoms with E-state index >= 15 is 0 Å². The fraction of sp³-hybridized carbons (Fsp3) is 0.391. The molecule has 3 rings (SSSR count). The Labute approximate surface area is 211 Å². The van der Waals surface area contributed by atoms with Crippen LogP contribution in [0.4, 0.5) is 5.69 Å². The molecule has 1 aliphatic rings. The number of halogens is 3. The summed E-state index contributed by atoms with van der Waals surface area (Å²) >= 11 is 20.4. The number of rotatable bonds is 8. The van der Waals surface area contributed by atoms with Gasteiger partial charge in [0.2, 0.25) is 0 Å². The Morgan fingerprint density at radius 3 is 2.41 bits per heavy atom. The van der Waals surface area contributed by atoms with E-state index < -0.39 is 10.0 Å². The van der Waals surface area contributed by atoms with E-state index in [-0.39, 0.29) is 4.90 Å². The lowest BCUT2D eigenvalue weighted by Crippen LogP contribution is -2.39. The molecule has 4 nitrogen and oxygen atoms in total. The average Bonchev–Trinajstić information content (AvgIpc) is 2.80. The molecule has 0 aromatic heterocycles. The molecule has 1 saturated heterocycles. The molecule has 2 aromatic rings. The average molecular weight is 534 g/mol. The zero-order chi connectivity index (χ0) is 23.7. The summed E-state index contributed by atoms with van der Waals surface area (Å²) in [5.41, 5.74) is 0.389. The van der Waals surface area contributed by atoms with E-state index in [9.17, 15) is 8.42 Å². The molecule has 0 bridgehead atoms. The van der Waals surface area contributed by atoms with Gasteiger partial charge in [-0.3, -0.25) is 4.31 Å². The lowest BCUT2D eigenvalue weighted by Gasteiger charge is -2.32. The number of thioether (sulfide) groups is 1. The summed E-state index contributed by atoms with van der Waals surface area (Å²) in [5.74, 6) is 0. The van der Waals surface area contributed by atoms with Gasteiger partial charge in [0.05, 0.1) is 15.6 Å². The van der Waals surface area contributed by atoms with Gasteiger partial charge < -0.3 is 4.90 Å². The maximum absolute atomic E-state index is 13.5. The summed E-state index contributed by atoms with van der Waals surface area (Å²) in [6.07, 6.45) is 13.3. The normalized spacial score (nSPS) is 16.8. The van der Waals surface area contributed by atoms with Crippen LogP contribution in [0.1, 0.15) is 19.3 Å². The Morgan fingerprint density at radius 1 is 1.09 bits per heavy atom. The largest absolute Gasteiger partial charge is 0.302 e. The van der Waals surface area contributed by atoms with Gasteiger partial charge in [-0.15, -0.1) is 12.8 Å². The number of piperidine rings is 1. The van der Waals surface area contributed by atoms with Crippen molar-refractivity contribution in [1.29, 1.82) is 0 Å². The van der Waals surface area contributed by atoms with Crippen molar-refractivity contribution < 1.29 is 8.42 Å². The van der Waals surface area contributed by atoms with E-state index in [1.165, 1.54) is 29.3 Å². The van der Waals surface area contributed by atoms with E-state index in [1.807, 2.05) is 11.8 Å². The highest BCUT2D eigenvalue weighted by atomic mass is 35.5. The Kier molecular flexibility index (Phi) is 11.0. The van der Waals surface area contributed by atoms with Crippen LogP contribution in [-0.2, 0) is 10.0 Å². The topological polar surface area (TPSA) is 40.6 Å². The molecule has 0 radical (unpaired) electrons. The van der Waals surface area contributed by atoms with Gasteiger partial charge in [0.1, 0.15) is 0 Å². The van der Waals surface area contributed by atoms with Crippen LogP contribution in [0.3, 0.4) is 0 Å². The maximum atomic E-state index is 13.5. The van der Waals surface area contributed by atoms with Gasteiger partial charge in [0.15, 0.2) is 0 Å². The van der Waals surface area contributed by atoms with Gasteiger partial charge >= 0.3 is 0 Å². The molecule has 174 valence electrons. The van der Waals surface area contributed by atoms with Crippen molar-refractivity contribution in [2.75, 3.05) is 36.7 Å². The molecule has 9 heteroatoms. The number of hydrogen-bond acceptors (Lipinski definition) is 4. The Hall–Kier alpha value is -1.07. The Balaban J connectivity index is 0.00000176. The molecule has 1 unspecified atom stereocenters. The van der Waals surface area contributed by atoms with Crippen molar-refractivity contribution in [3.05, 3.63) is 57.5 Å². The van der Waals surface area contributed by atoms with Crippen molar-refractivity contribution in [2.45, 2.75) is 29.4 Å². The van der Waals surface area contributed by atoms with Gasteiger partial charge in [-0.05, 0) is 81.1 Å². The fourth-order valence-electron chi connectivity index (χ4n) is 3.63. The number of benzene rings is 2. The van der Waals surface area contributed by atoms with Crippen LogP contribution in [0.15, 0.2) is 47.4 Å². The van der Waals surface area contributed by atoms with Crippen molar-refractivity contribution in [3.8, 4) is 12.8 Å². The minimum absolute atomic E-state index is 0.170. The van der Waals surface area contributed by atoms with Crippen molar-refractivity contribution in [2.24, 2.45) is 0 Å². The summed E-state index contributed by atoms with van der Waals surface area (Å²) in [6.45, 7) is 3.25. The van der Waals surface area contributed by atoms with Crippen LogP contribution in [0.2, 0.25) is 15.1 Å². The Bertz CT molecular complexity index is 998. The maximum Gasteiger partial charge on any atom is 0.264 e. The number of hydrogen-bond donors (Lipinski definition) is 0. The number of likely N-dealkylation sites (tertiary alicyclic amines) is 1. The van der Waals surface area contributed by atoms with Crippen LogP contribution >= 0.6 is 46.6 Å². The third-order valence-electron chi connectivity index (χ3n) is 5.21. The van der Waals surface area contributed by atoms with Crippen LogP contribution < -0.4 is 4.31 Å². The number of anilines is 1. The summed E-state index contributed by atoms with van der Waals surface area (Å²) < 4.78 is 28.3. The van der Waals surface area contributed by atoms with E-state index in [4.69, 9.17) is 34.8 Å². The predicted molar refractivity (Wildman–Crippen MR) is 140 cm³/mol. The first-order valence-corrected chi connectivity index (χ1v) is 14.0. The molecule has 1 fully saturated rings. The van der Waals surface area contributed by atoms with E-state index in [0.717, 1.165) is 19.6 Å². The molecule has 0 spiro atoms.